The smallest absolute Gasteiger partial charge is 0.274 e. The van der Waals surface area contributed by atoms with Gasteiger partial charge < -0.3 is 10.6 Å². The second kappa shape index (κ2) is 4.96. The number of hydrogen-bond donors (Lipinski definition) is 1. The first-order chi connectivity index (χ1) is 7.79. The van der Waals surface area contributed by atoms with Crippen LogP contribution in [0.4, 0.5) is 5.69 Å². The highest BCUT2D eigenvalue weighted by molar-refractivity contribution is 5.97. The molecule has 1 aromatic heterocycles. The number of carbonyl (C=O) groups excluding carboxylic acids is 1. The summed E-state index contributed by atoms with van der Waals surface area (Å²) in [5.41, 5.74) is 6.62. The normalized spacial score (nSPS) is 16.9. The summed E-state index contributed by atoms with van der Waals surface area (Å²) in [6.45, 7) is 1.66. The van der Waals surface area contributed by atoms with Crippen molar-refractivity contribution in [2.45, 2.75) is 25.7 Å². The number of carbonyl (C=O) groups is 1. The number of nitrogens with two attached hydrogens (primary N) is 1. The third-order valence-electron chi connectivity index (χ3n) is 2.93. The fraction of sp³-hybridized carbons (Fsp3) is 0.500. The quantitative estimate of drug-likeness (QED) is 0.781. The van der Waals surface area contributed by atoms with Crippen molar-refractivity contribution >= 4 is 11.6 Å². The Kier molecular flexibility index (Phi) is 3.39. The molecule has 4 heteroatoms. The number of amides is 1. The van der Waals surface area contributed by atoms with Gasteiger partial charge >= 0.3 is 0 Å². The van der Waals surface area contributed by atoms with E-state index in [0.717, 1.165) is 25.9 Å². The molecule has 1 aliphatic heterocycles. The Morgan fingerprint density at radius 2 is 1.94 bits per heavy atom. The van der Waals surface area contributed by atoms with Crippen LogP contribution in [0.5, 0.6) is 0 Å². The van der Waals surface area contributed by atoms with Crippen LogP contribution in [-0.4, -0.2) is 28.9 Å². The van der Waals surface area contributed by atoms with Gasteiger partial charge in [-0.2, -0.15) is 0 Å². The van der Waals surface area contributed by atoms with Crippen molar-refractivity contribution in [1.82, 2.24) is 9.88 Å². The maximum atomic E-state index is 12.2. The van der Waals surface area contributed by atoms with Gasteiger partial charge in [-0.1, -0.05) is 12.8 Å². The van der Waals surface area contributed by atoms with E-state index in [1.165, 1.54) is 12.8 Å². The van der Waals surface area contributed by atoms with E-state index in [-0.39, 0.29) is 5.91 Å². The van der Waals surface area contributed by atoms with E-state index in [9.17, 15) is 4.79 Å². The maximum Gasteiger partial charge on any atom is 0.274 e. The molecule has 86 valence electrons. The molecule has 0 atom stereocenters. The van der Waals surface area contributed by atoms with Crippen LogP contribution in [-0.2, 0) is 0 Å². The molecule has 1 amide bonds. The van der Waals surface area contributed by atoms with Crippen LogP contribution in [0.25, 0.3) is 0 Å². The maximum absolute atomic E-state index is 12.2. The zero-order valence-corrected chi connectivity index (χ0v) is 9.35. The van der Waals surface area contributed by atoms with E-state index in [2.05, 4.69) is 4.98 Å². The largest absolute Gasteiger partial charge is 0.397 e. The first kappa shape index (κ1) is 10.9. The topological polar surface area (TPSA) is 59.2 Å². The van der Waals surface area contributed by atoms with Crippen molar-refractivity contribution < 1.29 is 4.79 Å². The molecule has 2 rings (SSSR count). The molecule has 4 nitrogen and oxygen atoms in total. The molecule has 2 N–H and O–H groups in total. The Morgan fingerprint density at radius 3 is 2.56 bits per heavy atom. The van der Waals surface area contributed by atoms with Gasteiger partial charge in [-0.3, -0.25) is 4.79 Å². The lowest BCUT2D eigenvalue weighted by molar-refractivity contribution is 0.0757. The molecule has 1 aromatic rings. The molecule has 0 aliphatic carbocycles. The summed E-state index contributed by atoms with van der Waals surface area (Å²) in [5.74, 6) is -0.0278. The summed E-state index contributed by atoms with van der Waals surface area (Å²) < 4.78 is 0. The van der Waals surface area contributed by atoms with E-state index in [4.69, 9.17) is 5.73 Å². The monoisotopic (exact) mass is 219 g/mol. The lowest BCUT2D eigenvalue weighted by atomic mass is 10.2. The number of nitrogen functional groups attached to an aromatic ring is 1. The predicted octanol–water partition coefficient (Wildman–Crippen LogP) is 1.68. The highest BCUT2D eigenvalue weighted by Crippen LogP contribution is 2.15. The Hall–Kier alpha value is -1.58. The fourth-order valence-electron chi connectivity index (χ4n) is 2.02. The summed E-state index contributed by atoms with van der Waals surface area (Å²) >= 11 is 0. The highest BCUT2D eigenvalue weighted by atomic mass is 16.2. The Labute approximate surface area is 95.5 Å². The molecule has 16 heavy (non-hydrogen) atoms. The lowest BCUT2D eigenvalue weighted by Crippen LogP contribution is -2.32. The van der Waals surface area contributed by atoms with Crippen LogP contribution in [0.15, 0.2) is 18.3 Å². The average Bonchev–Trinajstić information content (AvgIpc) is 2.57. The van der Waals surface area contributed by atoms with Gasteiger partial charge in [0.2, 0.25) is 0 Å². The standard InChI is InChI=1S/C12H17N3O/c13-10-6-5-7-14-11(10)12(16)15-8-3-1-2-4-9-15/h5-7H,1-4,8-9,13H2. The zero-order valence-electron chi connectivity index (χ0n) is 9.35. The minimum atomic E-state index is -0.0278. The van der Waals surface area contributed by atoms with Gasteiger partial charge in [0.15, 0.2) is 5.69 Å². The lowest BCUT2D eigenvalue weighted by Gasteiger charge is -2.20. The molecular weight excluding hydrogens is 202 g/mol. The van der Waals surface area contributed by atoms with E-state index < -0.39 is 0 Å². The molecule has 0 saturated carbocycles. The summed E-state index contributed by atoms with van der Waals surface area (Å²) in [5, 5.41) is 0. The number of nitrogens with zero attached hydrogens (tertiary/aromatic N) is 2. The second-order valence-electron chi connectivity index (χ2n) is 4.15. The van der Waals surface area contributed by atoms with Crippen LogP contribution in [0.1, 0.15) is 36.2 Å². The molecule has 1 fully saturated rings. The minimum absolute atomic E-state index is 0.0278. The fourth-order valence-corrected chi connectivity index (χ4v) is 2.02. The van der Waals surface area contributed by atoms with Gasteiger partial charge in [-0.15, -0.1) is 0 Å². The highest BCUT2D eigenvalue weighted by Gasteiger charge is 2.19. The van der Waals surface area contributed by atoms with Gasteiger partial charge in [0, 0.05) is 19.3 Å². The van der Waals surface area contributed by atoms with Crippen molar-refractivity contribution in [1.29, 1.82) is 0 Å². The van der Waals surface area contributed by atoms with E-state index in [1.54, 1.807) is 18.3 Å². The van der Waals surface area contributed by atoms with Crippen LogP contribution in [0.2, 0.25) is 0 Å². The van der Waals surface area contributed by atoms with Gasteiger partial charge in [0.25, 0.3) is 5.91 Å². The molecule has 1 saturated heterocycles. The number of pyridine rings is 1. The molecule has 2 heterocycles. The predicted molar refractivity (Wildman–Crippen MR) is 63.0 cm³/mol. The molecule has 0 aromatic carbocycles. The van der Waals surface area contributed by atoms with Crippen LogP contribution < -0.4 is 5.73 Å². The van der Waals surface area contributed by atoms with Crippen LogP contribution >= 0.6 is 0 Å². The second-order valence-corrected chi connectivity index (χ2v) is 4.15. The third-order valence-corrected chi connectivity index (χ3v) is 2.93. The number of rotatable bonds is 1. The van der Waals surface area contributed by atoms with Crippen molar-refractivity contribution in [3.05, 3.63) is 24.0 Å². The van der Waals surface area contributed by atoms with Gasteiger partial charge in [0.1, 0.15) is 0 Å². The number of hydrogen-bond acceptors (Lipinski definition) is 3. The number of likely N-dealkylation sites (tertiary alicyclic amines) is 1. The SMILES string of the molecule is Nc1cccnc1C(=O)N1CCCCCC1. The molecule has 0 unspecified atom stereocenters. The Morgan fingerprint density at radius 1 is 1.25 bits per heavy atom. The molecule has 0 bridgehead atoms. The minimum Gasteiger partial charge on any atom is -0.397 e. The molecule has 0 radical (unpaired) electrons. The van der Waals surface area contributed by atoms with Gasteiger partial charge in [0.05, 0.1) is 5.69 Å². The van der Waals surface area contributed by atoms with E-state index in [0.29, 0.717) is 11.4 Å². The van der Waals surface area contributed by atoms with Crippen molar-refractivity contribution in [3.63, 3.8) is 0 Å². The van der Waals surface area contributed by atoms with Crippen molar-refractivity contribution in [2.24, 2.45) is 0 Å². The zero-order chi connectivity index (χ0) is 11.4. The average molecular weight is 219 g/mol. The molecular formula is C12H17N3O. The summed E-state index contributed by atoms with van der Waals surface area (Å²) in [4.78, 5) is 18.1. The Balaban J connectivity index is 2.14. The first-order valence-electron chi connectivity index (χ1n) is 5.79. The van der Waals surface area contributed by atoms with Gasteiger partial charge in [-0.25, -0.2) is 4.98 Å². The summed E-state index contributed by atoms with van der Waals surface area (Å²) in [6.07, 6.45) is 6.20. The van der Waals surface area contributed by atoms with Gasteiger partial charge in [-0.05, 0) is 25.0 Å². The molecule has 1 aliphatic rings. The van der Waals surface area contributed by atoms with E-state index in [1.807, 2.05) is 4.90 Å². The number of anilines is 1. The molecule has 0 spiro atoms. The van der Waals surface area contributed by atoms with E-state index >= 15 is 0 Å². The number of aromatic nitrogens is 1. The Bertz CT molecular complexity index is 370. The third kappa shape index (κ3) is 2.32. The van der Waals surface area contributed by atoms with Crippen molar-refractivity contribution in [2.75, 3.05) is 18.8 Å². The van der Waals surface area contributed by atoms with Crippen LogP contribution in [0.3, 0.4) is 0 Å². The van der Waals surface area contributed by atoms with Crippen molar-refractivity contribution in [3.8, 4) is 0 Å². The summed E-state index contributed by atoms with van der Waals surface area (Å²) in [6, 6.07) is 3.46. The first-order valence-corrected chi connectivity index (χ1v) is 5.79. The summed E-state index contributed by atoms with van der Waals surface area (Å²) in [7, 11) is 0. The van der Waals surface area contributed by atoms with Crippen LogP contribution in [0, 0.1) is 0 Å².